The van der Waals surface area contributed by atoms with Crippen LogP contribution in [-0.2, 0) is 4.84 Å². The summed E-state index contributed by atoms with van der Waals surface area (Å²) in [5.74, 6) is 0.270. The highest BCUT2D eigenvalue weighted by Crippen LogP contribution is 2.34. The summed E-state index contributed by atoms with van der Waals surface area (Å²) in [5.41, 5.74) is 2.12. The lowest BCUT2D eigenvalue weighted by Crippen LogP contribution is -2.38. The number of nitrogens with zero attached hydrogens (tertiary/aromatic N) is 1. The predicted molar refractivity (Wildman–Crippen MR) is 61.2 cm³/mol. The van der Waals surface area contributed by atoms with Gasteiger partial charge in [-0.1, -0.05) is 35.5 Å². The van der Waals surface area contributed by atoms with Crippen LogP contribution in [0, 0.1) is 5.92 Å². The number of benzene rings is 1. The van der Waals surface area contributed by atoms with E-state index in [1.165, 1.54) is 0 Å². The number of aliphatic hydroxyl groups is 1. The molecular weight excluding hydrogens is 202 g/mol. The van der Waals surface area contributed by atoms with Crippen LogP contribution in [0.15, 0.2) is 35.5 Å². The molecule has 1 heterocycles. The van der Waals surface area contributed by atoms with E-state index in [9.17, 15) is 5.11 Å². The van der Waals surface area contributed by atoms with Crippen molar-refractivity contribution >= 4 is 5.71 Å². The number of hydrogen-bond donors (Lipinski definition) is 1. The zero-order valence-corrected chi connectivity index (χ0v) is 9.04. The Balaban J connectivity index is 1.88. The van der Waals surface area contributed by atoms with Crippen LogP contribution in [0.2, 0.25) is 0 Å². The van der Waals surface area contributed by atoms with Gasteiger partial charge in [0.05, 0.1) is 11.8 Å². The Hall–Kier alpha value is -1.35. The maximum absolute atomic E-state index is 9.85. The third-order valence-electron chi connectivity index (χ3n) is 3.48. The van der Waals surface area contributed by atoms with Crippen molar-refractivity contribution in [3.05, 3.63) is 35.9 Å². The molecule has 16 heavy (non-hydrogen) atoms. The van der Waals surface area contributed by atoms with Crippen molar-refractivity contribution in [3.63, 3.8) is 0 Å². The Bertz CT molecular complexity index is 402. The Morgan fingerprint density at radius 1 is 1.19 bits per heavy atom. The lowest BCUT2D eigenvalue weighted by atomic mass is 9.80. The molecule has 0 aromatic heterocycles. The zero-order chi connectivity index (χ0) is 11.0. The largest absolute Gasteiger partial charge is 0.389 e. The third-order valence-corrected chi connectivity index (χ3v) is 3.48. The monoisotopic (exact) mass is 217 g/mol. The third kappa shape index (κ3) is 1.52. The quantitative estimate of drug-likeness (QED) is 0.781. The van der Waals surface area contributed by atoms with E-state index in [2.05, 4.69) is 5.16 Å². The second-order valence-electron chi connectivity index (χ2n) is 4.52. The zero-order valence-electron chi connectivity index (χ0n) is 9.04. The standard InChI is InChI=1S/C13H15NO2/c15-11-8-4-7-10-12(14-16-13(10)11)9-5-2-1-3-6-9/h1-3,5-6,10-11,13,15H,4,7-8H2/t10-,11+,13+/m0/s1. The van der Waals surface area contributed by atoms with Crippen LogP contribution < -0.4 is 0 Å². The lowest BCUT2D eigenvalue weighted by Gasteiger charge is -2.28. The number of oxime groups is 1. The minimum atomic E-state index is -0.358. The highest BCUT2D eigenvalue weighted by Gasteiger charge is 2.41. The lowest BCUT2D eigenvalue weighted by molar-refractivity contribution is -0.0550. The molecule has 0 amide bonds. The van der Waals surface area contributed by atoms with Crippen molar-refractivity contribution < 1.29 is 9.94 Å². The van der Waals surface area contributed by atoms with Crippen LogP contribution in [0.1, 0.15) is 24.8 Å². The molecule has 1 N–H and O–H groups in total. The molecule has 1 aromatic carbocycles. The van der Waals surface area contributed by atoms with E-state index >= 15 is 0 Å². The molecule has 84 valence electrons. The molecule has 2 aliphatic rings. The number of rotatable bonds is 1. The van der Waals surface area contributed by atoms with E-state index in [1.807, 2.05) is 30.3 Å². The van der Waals surface area contributed by atoms with Gasteiger partial charge in [-0.2, -0.15) is 0 Å². The molecule has 3 nitrogen and oxygen atoms in total. The summed E-state index contributed by atoms with van der Waals surface area (Å²) in [7, 11) is 0. The summed E-state index contributed by atoms with van der Waals surface area (Å²) >= 11 is 0. The summed E-state index contributed by atoms with van der Waals surface area (Å²) in [6, 6.07) is 10.1. The van der Waals surface area contributed by atoms with Crippen LogP contribution in [0.3, 0.4) is 0 Å². The van der Waals surface area contributed by atoms with E-state index in [0.717, 1.165) is 30.5 Å². The van der Waals surface area contributed by atoms with Gasteiger partial charge in [0.15, 0.2) is 6.10 Å². The molecule has 3 heteroatoms. The molecule has 1 aromatic rings. The molecule has 1 aliphatic carbocycles. The first kappa shape index (κ1) is 9.85. The molecule has 3 atom stereocenters. The van der Waals surface area contributed by atoms with Crippen molar-refractivity contribution in [2.45, 2.75) is 31.5 Å². The average molecular weight is 217 g/mol. The van der Waals surface area contributed by atoms with Crippen LogP contribution >= 0.6 is 0 Å². The number of aliphatic hydroxyl groups excluding tert-OH is 1. The first-order valence-electron chi connectivity index (χ1n) is 5.83. The highest BCUT2D eigenvalue weighted by atomic mass is 16.7. The summed E-state index contributed by atoms with van der Waals surface area (Å²) in [6.07, 6.45) is 2.47. The van der Waals surface area contributed by atoms with Gasteiger partial charge in [0.2, 0.25) is 0 Å². The van der Waals surface area contributed by atoms with Gasteiger partial charge in [0, 0.05) is 5.92 Å². The van der Waals surface area contributed by atoms with Gasteiger partial charge in [-0.15, -0.1) is 0 Å². The molecule has 1 saturated carbocycles. The molecular formula is C13H15NO2. The Morgan fingerprint density at radius 3 is 2.81 bits per heavy atom. The van der Waals surface area contributed by atoms with Gasteiger partial charge in [-0.25, -0.2) is 0 Å². The van der Waals surface area contributed by atoms with Crippen LogP contribution in [0.5, 0.6) is 0 Å². The van der Waals surface area contributed by atoms with Gasteiger partial charge in [-0.3, -0.25) is 0 Å². The number of hydrogen-bond acceptors (Lipinski definition) is 3. The summed E-state index contributed by atoms with van der Waals surface area (Å²) in [4.78, 5) is 5.37. The summed E-state index contributed by atoms with van der Waals surface area (Å²) in [6.45, 7) is 0. The Morgan fingerprint density at radius 2 is 2.00 bits per heavy atom. The summed E-state index contributed by atoms with van der Waals surface area (Å²) in [5, 5.41) is 14.0. The fourth-order valence-corrected chi connectivity index (χ4v) is 2.64. The van der Waals surface area contributed by atoms with Crippen LogP contribution in [-0.4, -0.2) is 23.0 Å². The first-order chi connectivity index (χ1) is 7.86. The van der Waals surface area contributed by atoms with E-state index in [1.54, 1.807) is 0 Å². The van der Waals surface area contributed by atoms with Crippen LogP contribution in [0.4, 0.5) is 0 Å². The number of fused-ring (bicyclic) bond motifs is 1. The normalized spacial score (nSPS) is 32.8. The Kier molecular flexibility index (Phi) is 2.40. The smallest absolute Gasteiger partial charge is 0.161 e. The van der Waals surface area contributed by atoms with Gasteiger partial charge >= 0.3 is 0 Å². The predicted octanol–water partition coefficient (Wildman–Crippen LogP) is 1.95. The minimum Gasteiger partial charge on any atom is -0.389 e. The molecule has 1 fully saturated rings. The topological polar surface area (TPSA) is 41.8 Å². The fraction of sp³-hybridized carbons (Fsp3) is 0.462. The van der Waals surface area contributed by atoms with Crippen LogP contribution in [0.25, 0.3) is 0 Å². The van der Waals surface area contributed by atoms with Crippen molar-refractivity contribution in [1.82, 2.24) is 0 Å². The second-order valence-corrected chi connectivity index (χ2v) is 4.52. The van der Waals surface area contributed by atoms with Crippen molar-refractivity contribution in [3.8, 4) is 0 Å². The average Bonchev–Trinajstić information content (AvgIpc) is 2.75. The summed E-state index contributed by atoms with van der Waals surface area (Å²) < 4.78 is 0. The highest BCUT2D eigenvalue weighted by molar-refractivity contribution is 6.03. The maximum Gasteiger partial charge on any atom is 0.161 e. The van der Waals surface area contributed by atoms with Gasteiger partial charge < -0.3 is 9.94 Å². The van der Waals surface area contributed by atoms with Crippen molar-refractivity contribution in [1.29, 1.82) is 0 Å². The van der Waals surface area contributed by atoms with Gasteiger partial charge in [0.1, 0.15) is 0 Å². The molecule has 0 spiro atoms. The minimum absolute atomic E-state index is 0.121. The van der Waals surface area contributed by atoms with Crippen molar-refractivity contribution in [2.75, 3.05) is 0 Å². The van der Waals surface area contributed by atoms with E-state index in [-0.39, 0.29) is 18.1 Å². The maximum atomic E-state index is 9.85. The SMILES string of the molecule is O[C@@H]1CCC[C@H]2C(c3ccccc3)=NO[C@@H]12. The molecule has 0 radical (unpaired) electrons. The molecule has 0 bridgehead atoms. The van der Waals surface area contributed by atoms with E-state index in [4.69, 9.17) is 4.84 Å². The van der Waals surface area contributed by atoms with Crippen molar-refractivity contribution in [2.24, 2.45) is 11.1 Å². The Labute approximate surface area is 94.7 Å². The molecule has 1 aliphatic heterocycles. The molecule has 3 rings (SSSR count). The van der Waals surface area contributed by atoms with Gasteiger partial charge in [0.25, 0.3) is 0 Å². The first-order valence-corrected chi connectivity index (χ1v) is 5.83. The molecule has 0 unspecified atom stereocenters. The van der Waals surface area contributed by atoms with E-state index < -0.39 is 0 Å². The second kappa shape index (κ2) is 3.91. The molecule has 0 saturated heterocycles. The van der Waals surface area contributed by atoms with E-state index in [0.29, 0.717) is 0 Å². The fourth-order valence-electron chi connectivity index (χ4n) is 2.64. The van der Waals surface area contributed by atoms with Gasteiger partial charge in [-0.05, 0) is 24.8 Å².